The molecule has 0 aromatic heterocycles. The predicted octanol–water partition coefficient (Wildman–Crippen LogP) is 6.31. The number of nitrogens with zero attached hydrogens (tertiary/aromatic N) is 2. The molecule has 7 heteroatoms. The molecule has 0 aliphatic carbocycles. The number of hydrogen-bond acceptors (Lipinski definition) is 6. The van der Waals surface area contributed by atoms with Crippen LogP contribution < -0.4 is 0 Å². The average molecular weight is 589 g/mol. The number of ether oxygens (including phenoxy) is 2. The molecule has 4 aromatic rings. The van der Waals surface area contributed by atoms with Crippen LogP contribution in [0.15, 0.2) is 110 Å². The Morgan fingerprint density at radius 3 is 2.18 bits per heavy atom. The van der Waals surface area contributed by atoms with E-state index in [0.717, 1.165) is 46.5 Å². The van der Waals surface area contributed by atoms with E-state index in [2.05, 4.69) is 18.5 Å². The lowest BCUT2D eigenvalue weighted by atomic mass is 9.99. The Hall–Kier alpha value is -4.40. The molecule has 0 saturated carbocycles. The molecule has 1 fully saturated rings. The van der Waals surface area contributed by atoms with Gasteiger partial charge in [-0.05, 0) is 53.1 Å². The molecular formula is C37H36N2O5. The van der Waals surface area contributed by atoms with Gasteiger partial charge in [-0.15, -0.1) is 6.58 Å². The second-order valence-corrected chi connectivity index (χ2v) is 11.4. The van der Waals surface area contributed by atoms with Crippen LogP contribution in [-0.4, -0.2) is 53.0 Å². The molecule has 2 amide bonds. The first-order valence-corrected chi connectivity index (χ1v) is 14.9. The zero-order valence-electron chi connectivity index (χ0n) is 24.8. The number of carbonyl (C=O) groups is 2. The topological polar surface area (TPSA) is 79.3 Å². The number of amides is 2. The van der Waals surface area contributed by atoms with Gasteiger partial charge in [0.15, 0.2) is 6.29 Å². The average Bonchev–Trinajstić information content (AvgIpc) is 3.29. The number of carbonyl (C=O) groups excluding carboxylic acids is 2. The predicted molar refractivity (Wildman–Crippen MR) is 169 cm³/mol. The summed E-state index contributed by atoms with van der Waals surface area (Å²) in [5.74, 6) is -0.519. The van der Waals surface area contributed by atoms with E-state index in [-0.39, 0.29) is 37.2 Å². The van der Waals surface area contributed by atoms with Crippen LogP contribution in [0.4, 0.5) is 0 Å². The maximum absolute atomic E-state index is 12.9. The second-order valence-electron chi connectivity index (χ2n) is 11.4. The van der Waals surface area contributed by atoms with Crippen molar-refractivity contribution in [1.82, 2.24) is 9.80 Å². The summed E-state index contributed by atoms with van der Waals surface area (Å²) in [5.41, 5.74) is 6.62. The van der Waals surface area contributed by atoms with E-state index >= 15 is 0 Å². The highest BCUT2D eigenvalue weighted by Gasteiger charge is 2.35. The molecule has 224 valence electrons. The van der Waals surface area contributed by atoms with E-state index in [9.17, 15) is 14.7 Å². The van der Waals surface area contributed by atoms with E-state index in [1.165, 1.54) is 4.90 Å². The summed E-state index contributed by atoms with van der Waals surface area (Å²) in [5, 5.41) is 9.47. The summed E-state index contributed by atoms with van der Waals surface area (Å²) in [7, 11) is 2.05. The number of likely N-dealkylation sites (N-methyl/N-ethyl adjacent to an activating group) is 1. The van der Waals surface area contributed by atoms with Crippen molar-refractivity contribution in [2.24, 2.45) is 0 Å². The third-order valence-electron chi connectivity index (χ3n) is 8.23. The van der Waals surface area contributed by atoms with Crippen molar-refractivity contribution in [2.45, 2.75) is 38.1 Å². The van der Waals surface area contributed by atoms with Gasteiger partial charge in [0, 0.05) is 25.1 Å². The highest BCUT2D eigenvalue weighted by atomic mass is 16.7. The molecule has 0 radical (unpaired) electrons. The molecule has 0 unspecified atom stereocenters. The van der Waals surface area contributed by atoms with Crippen LogP contribution in [0.5, 0.6) is 0 Å². The number of imide groups is 1. The van der Waals surface area contributed by atoms with Crippen molar-refractivity contribution in [3.63, 3.8) is 0 Å². The van der Waals surface area contributed by atoms with Gasteiger partial charge < -0.3 is 19.5 Å². The SMILES string of the molecule is C=CCN(C)C[C@H]1C[C@@H](c2ccc(CO)cc2)O[C@@H](c2ccc(-c3cccc(CN4C(=O)c5ccccc5C4=O)c3)cc2)O1. The minimum atomic E-state index is -0.539. The molecule has 0 bridgehead atoms. The Kier molecular flexibility index (Phi) is 8.82. The smallest absolute Gasteiger partial charge is 0.261 e. The largest absolute Gasteiger partial charge is 0.392 e. The van der Waals surface area contributed by atoms with Crippen LogP contribution >= 0.6 is 0 Å². The summed E-state index contributed by atoms with van der Waals surface area (Å²) in [6.07, 6.45) is 1.87. The monoisotopic (exact) mass is 588 g/mol. The lowest BCUT2D eigenvalue weighted by Gasteiger charge is -2.37. The van der Waals surface area contributed by atoms with Gasteiger partial charge in [-0.2, -0.15) is 0 Å². The normalized spacial score (nSPS) is 19.8. The second kappa shape index (κ2) is 13.1. The Morgan fingerprint density at radius 1 is 0.841 bits per heavy atom. The molecule has 2 aliphatic rings. The van der Waals surface area contributed by atoms with Crippen LogP contribution in [0.25, 0.3) is 11.1 Å². The molecule has 1 N–H and O–H groups in total. The van der Waals surface area contributed by atoms with E-state index in [4.69, 9.17) is 9.47 Å². The maximum Gasteiger partial charge on any atom is 0.261 e. The van der Waals surface area contributed by atoms with Crippen molar-refractivity contribution in [3.05, 3.63) is 143 Å². The van der Waals surface area contributed by atoms with Crippen LogP contribution in [0.3, 0.4) is 0 Å². The van der Waals surface area contributed by atoms with E-state index in [1.807, 2.05) is 78.9 Å². The van der Waals surface area contributed by atoms with Crippen molar-refractivity contribution in [3.8, 4) is 11.1 Å². The van der Waals surface area contributed by atoms with E-state index in [0.29, 0.717) is 17.5 Å². The number of aliphatic hydroxyl groups is 1. The third-order valence-corrected chi connectivity index (χ3v) is 8.23. The molecule has 2 heterocycles. The maximum atomic E-state index is 12.9. The summed E-state index contributed by atoms with van der Waals surface area (Å²) in [4.78, 5) is 29.2. The lowest BCUT2D eigenvalue weighted by Crippen LogP contribution is -2.37. The number of benzene rings is 4. The Morgan fingerprint density at radius 2 is 1.52 bits per heavy atom. The Bertz CT molecular complexity index is 1610. The minimum Gasteiger partial charge on any atom is -0.392 e. The van der Waals surface area contributed by atoms with Gasteiger partial charge in [0.1, 0.15) is 0 Å². The first kappa shape index (κ1) is 29.7. The molecule has 2 aliphatic heterocycles. The van der Waals surface area contributed by atoms with Gasteiger partial charge in [-0.25, -0.2) is 0 Å². The van der Waals surface area contributed by atoms with Crippen molar-refractivity contribution in [1.29, 1.82) is 0 Å². The highest BCUT2D eigenvalue weighted by molar-refractivity contribution is 6.21. The highest BCUT2D eigenvalue weighted by Crippen LogP contribution is 2.38. The first-order valence-electron chi connectivity index (χ1n) is 14.9. The Labute approximate surface area is 258 Å². The minimum absolute atomic E-state index is 0.00450. The molecule has 6 rings (SSSR count). The van der Waals surface area contributed by atoms with Crippen molar-refractivity contribution in [2.75, 3.05) is 20.1 Å². The number of aliphatic hydroxyl groups excluding tert-OH is 1. The van der Waals surface area contributed by atoms with Crippen LogP contribution in [-0.2, 0) is 22.6 Å². The standard InChI is InChI=1S/C37H36N2O5/c1-3-19-38(2)23-31-21-34(28-13-11-25(24-40)12-14-28)44-37(43-31)29-17-15-27(16-18-29)30-8-6-7-26(20-30)22-39-35(41)32-9-4-5-10-33(32)36(39)42/h3-18,20,31,34,37,40H,1,19,21-24H2,2H3/t31-,34+,37+/m1/s1. The van der Waals surface area contributed by atoms with Gasteiger partial charge in [-0.1, -0.05) is 84.9 Å². The summed E-state index contributed by atoms with van der Waals surface area (Å²) in [6.45, 7) is 5.58. The summed E-state index contributed by atoms with van der Waals surface area (Å²) < 4.78 is 13.0. The first-order chi connectivity index (χ1) is 21.4. The van der Waals surface area contributed by atoms with Crippen LogP contribution in [0.1, 0.15) is 61.8 Å². The zero-order chi connectivity index (χ0) is 30.6. The molecule has 7 nitrogen and oxygen atoms in total. The van der Waals surface area contributed by atoms with E-state index in [1.54, 1.807) is 24.3 Å². The Balaban J connectivity index is 1.19. The third kappa shape index (κ3) is 6.27. The molecular weight excluding hydrogens is 552 g/mol. The van der Waals surface area contributed by atoms with Crippen molar-refractivity contribution < 1.29 is 24.2 Å². The van der Waals surface area contributed by atoms with Gasteiger partial charge in [0.05, 0.1) is 36.5 Å². The van der Waals surface area contributed by atoms with Gasteiger partial charge in [0.25, 0.3) is 11.8 Å². The lowest BCUT2D eigenvalue weighted by molar-refractivity contribution is -0.252. The zero-order valence-corrected chi connectivity index (χ0v) is 24.8. The number of fused-ring (bicyclic) bond motifs is 1. The van der Waals surface area contributed by atoms with Crippen LogP contribution in [0.2, 0.25) is 0 Å². The quantitative estimate of drug-likeness (QED) is 0.173. The summed E-state index contributed by atoms with van der Waals surface area (Å²) in [6, 6.07) is 30.9. The molecule has 0 spiro atoms. The van der Waals surface area contributed by atoms with Crippen molar-refractivity contribution >= 4 is 11.8 Å². The van der Waals surface area contributed by atoms with Gasteiger partial charge in [-0.3, -0.25) is 14.5 Å². The van der Waals surface area contributed by atoms with Crippen LogP contribution in [0, 0.1) is 0 Å². The fourth-order valence-corrected chi connectivity index (χ4v) is 5.92. The summed E-state index contributed by atoms with van der Waals surface area (Å²) >= 11 is 0. The molecule has 3 atom stereocenters. The van der Waals surface area contributed by atoms with Gasteiger partial charge in [0.2, 0.25) is 0 Å². The number of hydrogen-bond donors (Lipinski definition) is 1. The van der Waals surface area contributed by atoms with Gasteiger partial charge >= 0.3 is 0 Å². The fourth-order valence-electron chi connectivity index (χ4n) is 5.92. The molecule has 1 saturated heterocycles. The molecule has 44 heavy (non-hydrogen) atoms. The van der Waals surface area contributed by atoms with E-state index < -0.39 is 6.29 Å². The molecule has 4 aromatic carbocycles. The fraction of sp³-hybridized carbons (Fsp3) is 0.243. The number of rotatable bonds is 10.